The first-order valence-electron chi connectivity index (χ1n) is 6.38. The minimum absolute atomic E-state index is 0.0627. The Labute approximate surface area is 117 Å². The van der Waals surface area contributed by atoms with Crippen LogP contribution in [0.4, 0.5) is 0 Å². The molecule has 1 N–H and O–H groups in total. The molecule has 0 radical (unpaired) electrons. The van der Waals surface area contributed by atoms with E-state index < -0.39 is 21.3 Å². The first-order valence-corrected chi connectivity index (χ1v) is 7.87. The van der Waals surface area contributed by atoms with E-state index in [0.29, 0.717) is 25.2 Å². The van der Waals surface area contributed by atoms with Crippen LogP contribution in [0, 0.1) is 5.41 Å². The van der Waals surface area contributed by atoms with Crippen molar-refractivity contribution in [3.63, 3.8) is 0 Å². The Morgan fingerprint density at radius 3 is 2.65 bits per heavy atom. The van der Waals surface area contributed by atoms with E-state index in [1.165, 1.54) is 6.07 Å². The van der Waals surface area contributed by atoms with Crippen molar-refractivity contribution in [3.8, 4) is 11.5 Å². The standard InChI is InChI=1S/C13H15NO5S/c1-13(5-6-13)12(15)14-20(16,17)10-4-2-3-9-11(10)19-8-7-18-9/h2-4H,5-8H2,1H3,(H,14,15). The molecular formula is C13H15NO5S. The number of hydrogen-bond acceptors (Lipinski definition) is 5. The molecule has 0 bridgehead atoms. The minimum atomic E-state index is -3.95. The maximum Gasteiger partial charge on any atom is 0.267 e. The van der Waals surface area contributed by atoms with Crippen molar-refractivity contribution in [2.24, 2.45) is 5.41 Å². The lowest BCUT2D eigenvalue weighted by Crippen LogP contribution is -2.36. The molecule has 2 aliphatic rings. The Balaban J connectivity index is 1.93. The number of sulfonamides is 1. The third-order valence-electron chi connectivity index (χ3n) is 3.59. The molecule has 20 heavy (non-hydrogen) atoms. The number of hydrogen-bond donors (Lipinski definition) is 1. The first-order chi connectivity index (χ1) is 9.42. The quantitative estimate of drug-likeness (QED) is 0.902. The summed E-state index contributed by atoms with van der Waals surface area (Å²) in [4.78, 5) is 11.9. The second kappa shape index (κ2) is 4.37. The molecule has 1 aliphatic carbocycles. The van der Waals surface area contributed by atoms with E-state index in [9.17, 15) is 13.2 Å². The van der Waals surface area contributed by atoms with Gasteiger partial charge in [0.15, 0.2) is 11.5 Å². The SMILES string of the molecule is CC1(C(=O)NS(=O)(=O)c2cccc3c2OCCO3)CC1. The molecule has 0 spiro atoms. The van der Waals surface area contributed by atoms with Gasteiger partial charge < -0.3 is 9.47 Å². The summed E-state index contributed by atoms with van der Waals surface area (Å²) in [6.45, 7) is 2.41. The number of ether oxygens (including phenoxy) is 2. The zero-order valence-corrected chi connectivity index (χ0v) is 11.8. The lowest BCUT2D eigenvalue weighted by atomic mass is 10.1. The molecule has 1 aromatic carbocycles. The van der Waals surface area contributed by atoms with E-state index in [1.54, 1.807) is 19.1 Å². The molecule has 108 valence electrons. The summed E-state index contributed by atoms with van der Waals surface area (Å²) in [6, 6.07) is 4.60. The highest BCUT2D eigenvalue weighted by Gasteiger charge is 2.46. The molecule has 6 nitrogen and oxygen atoms in total. The highest BCUT2D eigenvalue weighted by molar-refractivity contribution is 7.90. The number of rotatable bonds is 3. The van der Waals surface area contributed by atoms with Gasteiger partial charge in [-0.1, -0.05) is 13.0 Å². The van der Waals surface area contributed by atoms with Crippen LogP contribution < -0.4 is 14.2 Å². The Morgan fingerprint density at radius 1 is 1.25 bits per heavy atom. The van der Waals surface area contributed by atoms with Gasteiger partial charge >= 0.3 is 0 Å². The molecule has 1 amide bonds. The molecule has 0 atom stereocenters. The number of fused-ring (bicyclic) bond motifs is 1. The maximum absolute atomic E-state index is 12.3. The number of amides is 1. The van der Waals surface area contributed by atoms with Gasteiger partial charge in [0.05, 0.1) is 0 Å². The van der Waals surface area contributed by atoms with Crippen molar-refractivity contribution < 1.29 is 22.7 Å². The highest BCUT2D eigenvalue weighted by Crippen LogP contribution is 2.45. The minimum Gasteiger partial charge on any atom is -0.486 e. The molecule has 0 saturated heterocycles. The lowest BCUT2D eigenvalue weighted by Gasteiger charge is -2.21. The van der Waals surface area contributed by atoms with E-state index >= 15 is 0 Å². The molecule has 1 aromatic rings. The predicted molar refractivity (Wildman–Crippen MR) is 70.1 cm³/mol. The van der Waals surface area contributed by atoms with Crippen LogP contribution in [0.15, 0.2) is 23.1 Å². The molecule has 1 heterocycles. The lowest BCUT2D eigenvalue weighted by molar-refractivity contribution is -0.123. The average Bonchev–Trinajstić information content (AvgIpc) is 3.17. The monoisotopic (exact) mass is 297 g/mol. The summed E-state index contributed by atoms with van der Waals surface area (Å²) in [7, 11) is -3.95. The van der Waals surface area contributed by atoms with Crippen molar-refractivity contribution >= 4 is 15.9 Å². The van der Waals surface area contributed by atoms with Gasteiger partial charge in [-0.3, -0.25) is 4.79 Å². The fourth-order valence-electron chi connectivity index (χ4n) is 1.97. The van der Waals surface area contributed by atoms with Gasteiger partial charge in [0.25, 0.3) is 10.0 Å². The zero-order valence-electron chi connectivity index (χ0n) is 11.0. The molecule has 1 saturated carbocycles. The number of carbonyl (C=O) groups excluding carboxylic acids is 1. The Morgan fingerprint density at radius 2 is 1.95 bits per heavy atom. The van der Waals surface area contributed by atoms with Gasteiger partial charge in [0.2, 0.25) is 5.91 Å². The van der Waals surface area contributed by atoms with Crippen LogP contribution in [0.5, 0.6) is 11.5 Å². The van der Waals surface area contributed by atoms with Crippen LogP contribution in [-0.4, -0.2) is 27.5 Å². The Hall–Kier alpha value is -1.76. The summed E-state index contributed by atoms with van der Waals surface area (Å²) >= 11 is 0. The van der Waals surface area contributed by atoms with E-state index in [4.69, 9.17) is 9.47 Å². The summed E-state index contributed by atoms with van der Waals surface area (Å²) in [6.07, 6.45) is 1.42. The summed E-state index contributed by atoms with van der Waals surface area (Å²) in [5.41, 5.74) is -0.556. The van der Waals surface area contributed by atoms with E-state index in [1.807, 2.05) is 0 Å². The summed E-state index contributed by atoms with van der Waals surface area (Å²) < 4.78 is 37.5. The molecule has 1 aliphatic heterocycles. The number of carbonyl (C=O) groups is 1. The average molecular weight is 297 g/mol. The molecule has 0 unspecified atom stereocenters. The number of benzene rings is 1. The van der Waals surface area contributed by atoms with Gasteiger partial charge in [-0.15, -0.1) is 0 Å². The second-order valence-electron chi connectivity index (χ2n) is 5.28. The predicted octanol–water partition coefficient (Wildman–Crippen LogP) is 1.06. The van der Waals surface area contributed by atoms with Crippen molar-refractivity contribution in [1.82, 2.24) is 4.72 Å². The Kier molecular flexibility index (Phi) is 2.89. The third kappa shape index (κ3) is 2.22. The van der Waals surface area contributed by atoms with Crippen LogP contribution >= 0.6 is 0 Å². The van der Waals surface area contributed by atoms with E-state index in [2.05, 4.69) is 4.72 Å². The third-order valence-corrected chi connectivity index (χ3v) is 4.95. The van der Waals surface area contributed by atoms with Crippen LogP contribution in [-0.2, 0) is 14.8 Å². The van der Waals surface area contributed by atoms with Gasteiger partial charge in [-0.05, 0) is 25.0 Å². The maximum atomic E-state index is 12.3. The van der Waals surface area contributed by atoms with Crippen LogP contribution in [0.1, 0.15) is 19.8 Å². The van der Waals surface area contributed by atoms with Gasteiger partial charge in [-0.2, -0.15) is 0 Å². The molecule has 0 aromatic heterocycles. The fraction of sp³-hybridized carbons (Fsp3) is 0.462. The van der Waals surface area contributed by atoms with Crippen molar-refractivity contribution in [3.05, 3.63) is 18.2 Å². The topological polar surface area (TPSA) is 81.7 Å². The molecule has 7 heteroatoms. The zero-order chi connectivity index (χ0) is 14.4. The summed E-state index contributed by atoms with van der Waals surface area (Å²) in [5, 5.41) is 0. The van der Waals surface area contributed by atoms with E-state index in [0.717, 1.165) is 0 Å². The largest absolute Gasteiger partial charge is 0.486 e. The van der Waals surface area contributed by atoms with Crippen molar-refractivity contribution in [2.75, 3.05) is 13.2 Å². The van der Waals surface area contributed by atoms with Crippen LogP contribution in [0.2, 0.25) is 0 Å². The summed E-state index contributed by atoms with van der Waals surface area (Å²) in [5.74, 6) is 0.0797. The number of nitrogens with one attached hydrogen (secondary N) is 1. The first kappa shape index (κ1) is 13.2. The Bertz CT molecular complexity index is 663. The van der Waals surface area contributed by atoms with Crippen LogP contribution in [0.3, 0.4) is 0 Å². The molecular weight excluding hydrogens is 282 g/mol. The number of para-hydroxylation sites is 1. The second-order valence-corrected chi connectivity index (χ2v) is 6.93. The molecule has 3 rings (SSSR count). The van der Waals surface area contributed by atoms with Crippen molar-refractivity contribution in [2.45, 2.75) is 24.7 Å². The smallest absolute Gasteiger partial charge is 0.267 e. The van der Waals surface area contributed by atoms with Crippen LogP contribution in [0.25, 0.3) is 0 Å². The highest BCUT2D eigenvalue weighted by atomic mass is 32.2. The van der Waals surface area contributed by atoms with Gasteiger partial charge in [-0.25, -0.2) is 13.1 Å². The van der Waals surface area contributed by atoms with Crippen molar-refractivity contribution in [1.29, 1.82) is 0 Å². The fourth-order valence-corrected chi connectivity index (χ4v) is 3.24. The molecule has 1 fully saturated rings. The van der Waals surface area contributed by atoms with E-state index in [-0.39, 0.29) is 17.3 Å². The van der Waals surface area contributed by atoms with Gasteiger partial charge in [0.1, 0.15) is 18.1 Å². The van der Waals surface area contributed by atoms with Gasteiger partial charge in [0, 0.05) is 5.41 Å². The normalized spacial score (nSPS) is 19.2.